The number of amides is 2. The fourth-order valence-corrected chi connectivity index (χ4v) is 5.35. The van der Waals surface area contributed by atoms with Crippen LogP contribution in [-0.2, 0) is 4.79 Å². The summed E-state index contributed by atoms with van der Waals surface area (Å²) in [7, 11) is 0. The molecule has 1 unspecified atom stereocenters. The first-order valence-corrected chi connectivity index (χ1v) is 11.2. The molecule has 6 heteroatoms. The van der Waals surface area contributed by atoms with Crippen molar-refractivity contribution in [1.29, 1.82) is 0 Å². The Bertz CT molecular complexity index is 1180. The molecule has 3 aromatic carbocycles. The van der Waals surface area contributed by atoms with Gasteiger partial charge in [0.15, 0.2) is 0 Å². The predicted octanol–water partition coefficient (Wildman–Crippen LogP) is 4.50. The van der Waals surface area contributed by atoms with E-state index in [2.05, 4.69) is 59.2 Å². The number of benzene rings is 3. The monoisotopic (exact) mass is 446 g/mol. The summed E-state index contributed by atoms with van der Waals surface area (Å²) in [6, 6.07) is 19.9. The van der Waals surface area contributed by atoms with Gasteiger partial charge in [-0.05, 0) is 46.7 Å². The van der Waals surface area contributed by atoms with Crippen LogP contribution in [0.2, 0.25) is 0 Å². The molecule has 0 saturated carbocycles. The highest BCUT2D eigenvalue weighted by atomic mass is 19.1. The van der Waals surface area contributed by atoms with Crippen LogP contribution >= 0.6 is 0 Å². The second kappa shape index (κ2) is 8.77. The second-order valence-corrected chi connectivity index (χ2v) is 8.72. The van der Waals surface area contributed by atoms with Crippen molar-refractivity contribution in [3.63, 3.8) is 0 Å². The third-order valence-electron chi connectivity index (χ3n) is 6.80. The van der Waals surface area contributed by atoms with Gasteiger partial charge in [0, 0.05) is 37.4 Å². The molecule has 4 nitrogen and oxygen atoms in total. The molecule has 6 rings (SSSR count). The van der Waals surface area contributed by atoms with Crippen LogP contribution in [0.25, 0.3) is 0 Å². The summed E-state index contributed by atoms with van der Waals surface area (Å²) in [4.78, 5) is 24.5. The Morgan fingerprint density at radius 3 is 2.12 bits per heavy atom. The van der Waals surface area contributed by atoms with E-state index in [1.165, 1.54) is 22.3 Å². The first-order valence-electron chi connectivity index (χ1n) is 11.2. The van der Waals surface area contributed by atoms with Gasteiger partial charge in [-0.15, -0.1) is 0 Å². The van der Waals surface area contributed by atoms with E-state index in [9.17, 15) is 18.4 Å². The summed E-state index contributed by atoms with van der Waals surface area (Å²) in [6.07, 6.45) is 1.07. The molecule has 1 atom stereocenters. The zero-order valence-corrected chi connectivity index (χ0v) is 18.0. The minimum absolute atomic E-state index is 0.0733. The molecule has 2 amide bonds. The lowest BCUT2D eigenvalue weighted by molar-refractivity contribution is -0.121. The number of hydrogen-bond acceptors (Lipinski definition) is 2. The van der Waals surface area contributed by atoms with Crippen LogP contribution < -0.4 is 10.6 Å². The summed E-state index contributed by atoms with van der Waals surface area (Å²) >= 11 is 0. The Morgan fingerprint density at radius 1 is 0.848 bits per heavy atom. The molecule has 0 aromatic heterocycles. The van der Waals surface area contributed by atoms with Gasteiger partial charge < -0.3 is 10.6 Å². The summed E-state index contributed by atoms with van der Waals surface area (Å²) in [5, 5.41) is 5.54. The van der Waals surface area contributed by atoms with Crippen LogP contribution in [0.5, 0.6) is 0 Å². The average Bonchev–Trinajstić information content (AvgIpc) is 2.83. The molecule has 2 bridgehead atoms. The molecule has 0 aliphatic heterocycles. The maximum absolute atomic E-state index is 13.7. The number of rotatable bonds is 6. The Balaban J connectivity index is 1.18. The Kier molecular flexibility index (Phi) is 5.67. The molecule has 0 radical (unpaired) electrons. The molecule has 0 fully saturated rings. The average molecular weight is 446 g/mol. The first kappa shape index (κ1) is 21.3. The van der Waals surface area contributed by atoms with Gasteiger partial charge in [0.05, 0.1) is 5.56 Å². The lowest BCUT2D eigenvalue weighted by Gasteiger charge is -2.45. The van der Waals surface area contributed by atoms with Gasteiger partial charge in [-0.3, -0.25) is 9.59 Å². The second-order valence-electron chi connectivity index (χ2n) is 8.72. The maximum atomic E-state index is 13.7. The molecule has 0 heterocycles. The molecule has 3 aliphatic carbocycles. The standard InChI is InChI=1S/C27H24F2N2O2/c28-17-9-10-22(24(29)14-17)27(33)30-12-11-25(32)31-15-16-13-23-18-5-1-3-7-20(18)26(16)21-8-4-2-6-19(21)23/h1-10,14,16,23,26H,11-13,15H2,(H,30,33)(H,31,32). The smallest absolute Gasteiger partial charge is 0.254 e. The van der Waals surface area contributed by atoms with Crippen LogP contribution in [0.15, 0.2) is 66.7 Å². The van der Waals surface area contributed by atoms with Crippen molar-refractivity contribution >= 4 is 11.8 Å². The van der Waals surface area contributed by atoms with E-state index in [1.54, 1.807) is 0 Å². The number of nitrogens with one attached hydrogen (secondary N) is 2. The van der Waals surface area contributed by atoms with Crippen LogP contribution in [0.3, 0.4) is 0 Å². The van der Waals surface area contributed by atoms with Gasteiger partial charge in [0.25, 0.3) is 5.91 Å². The van der Waals surface area contributed by atoms with Gasteiger partial charge in [-0.25, -0.2) is 8.78 Å². The van der Waals surface area contributed by atoms with Crippen molar-refractivity contribution in [3.8, 4) is 0 Å². The van der Waals surface area contributed by atoms with Crippen molar-refractivity contribution in [1.82, 2.24) is 10.6 Å². The van der Waals surface area contributed by atoms with Crippen LogP contribution in [0, 0.1) is 17.6 Å². The number of carbonyl (C=O) groups is 2. The van der Waals surface area contributed by atoms with E-state index in [0.717, 1.165) is 18.6 Å². The lowest BCUT2D eigenvalue weighted by atomic mass is 9.59. The topological polar surface area (TPSA) is 58.2 Å². The molecule has 0 saturated heterocycles. The molecule has 33 heavy (non-hydrogen) atoms. The quantitative estimate of drug-likeness (QED) is 0.586. The van der Waals surface area contributed by atoms with Crippen molar-refractivity contribution in [2.24, 2.45) is 5.92 Å². The molecule has 0 spiro atoms. The van der Waals surface area contributed by atoms with E-state index in [4.69, 9.17) is 0 Å². The fraction of sp³-hybridized carbons (Fsp3) is 0.259. The number of halogens is 2. The van der Waals surface area contributed by atoms with Gasteiger partial charge in [-0.2, -0.15) is 0 Å². The van der Waals surface area contributed by atoms with Crippen molar-refractivity contribution in [3.05, 3.63) is 106 Å². The van der Waals surface area contributed by atoms with E-state index in [0.29, 0.717) is 24.4 Å². The summed E-state index contributed by atoms with van der Waals surface area (Å²) < 4.78 is 26.7. The predicted molar refractivity (Wildman–Crippen MR) is 121 cm³/mol. The van der Waals surface area contributed by atoms with Crippen LogP contribution in [0.1, 0.15) is 57.3 Å². The van der Waals surface area contributed by atoms with E-state index in [1.807, 2.05) is 0 Å². The van der Waals surface area contributed by atoms with Crippen molar-refractivity contribution in [2.45, 2.75) is 24.7 Å². The summed E-state index contributed by atoms with van der Waals surface area (Å²) in [5.74, 6) is -1.62. The fourth-order valence-electron chi connectivity index (χ4n) is 5.35. The molecule has 2 N–H and O–H groups in total. The molecule has 3 aliphatic rings. The third kappa shape index (κ3) is 4.01. The van der Waals surface area contributed by atoms with Gasteiger partial charge in [0.2, 0.25) is 5.91 Å². The largest absolute Gasteiger partial charge is 0.356 e. The van der Waals surface area contributed by atoms with Gasteiger partial charge >= 0.3 is 0 Å². The molecule has 168 valence electrons. The van der Waals surface area contributed by atoms with Crippen LogP contribution in [-0.4, -0.2) is 24.9 Å². The Labute approximate surface area is 191 Å². The Morgan fingerprint density at radius 2 is 1.48 bits per heavy atom. The summed E-state index contributed by atoms with van der Waals surface area (Å²) in [5.41, 5.74) is 5.23. The van der Waals surface area contributed by atoms with E-state index < -0.39 is 17.5 Å². The van der Waals surface area contributed by atoms with E-state index in [-0.39, 0.29) is 30.4 Å². The van der Waals surface area contributed by atoms with Crippen LogP contribution in [0.4, 0.5) is 8.78 Å². The maximum Gasteiger partial charge on any atom is 0.254 e. The van der Waals surface area contributed by atoms with Gasteiger partial charge in [0.1, 0.15) is 11.6 Å². The van der Waals surface area contributed by atoms with Gasteiger partial charge in [-0.1, -0.05) is 48.5 Å². The zero-order chi connectivity index (χ0) is 22.9. The minimum atomic E-state index is -0.926. The minimum Gasteiger partial charge on any atom is -0.356 e. The lowest BCUT2D eigenvalue weighted by Crippen LogP contribution is -2.40. The molecular weight excluding hydrogens is 422 g/mol. The normalized spacial score (nSPS) is 20.0. The highest BCUT2D eigenvalue weighted by Gasteiger charge is 2.42. The van der Waals surface area contributed by atoms with Crippen molar-refractivity contribution in [2.75, 3.05) is 13.1 Å². The first-order chi connectivity index (χ1) is 16.0. The number of fused-ring (bicyclic) bond motifs is 1. The highest BCUT2D eigenvalue weighted by Crippen LogP contribution is 2.55. The van der Waals surface area contributed by atoms with E-state index >= 15 is 0 Å². The summed E-state index contributed by atoms with van der Waals surface area (Å²) in [6.45, 7) is 0.632. The third-order valence-corrected chi connectivity index (χ3v) is 6.80. The number of carbonyl (C=O) groups excluding carboxylic acids is 2. The SMILES string of the molecule is O=C(CCNC(=O)c1ccc(F)cc1F)NCC1CC2c3ccccc3C1c1ccccc12. The van der Waals surface area contributed by atoms with Crippen molar-refractivity contribution < 1.29 is 18.4 Å². The Hall–Kier alpha value is -3.54. The zero-order valence-electron chi connectivity index (χ0n) is 18.0. The molecule has 3 aromatic rings. The number of hydrogen-bond donors (Lipinski definition) is 2. The molecular formula is C27H24F2N2O2. The highest BCUT2D eigenvalue weighted by molar-refractivity contribution is 5.94.